The number of carbonyl (C=O) groups excluding carboxylic acids is 1. The number of benzene rings is 1. The van der Waals surface area contributed by atoms with Crippen molar-refractivity contribution in [3.8, 4) is 0 Å². The average Bonchev–Trinajstić information content (AvgIpc) is 2.16. The molecule has 0 atom stereocenters. The van der Waals surface area contributed by atoms with Gasteiger partial charge in [0.15, 0.2) is 0 Å². The summed E-state index contributed by atoms with van der Waals surface area (Å²) in [5.74, 6) is -0.500. The van der Waals surface area contributed by atoms with Crippen LogP contribution < -0.4 is 0 Å². The van der Waals surface area contributed by atoms with Crippen molar-refractivity contribution in [2.24, 2.45) is 4.99 Å². The Kier molecular flexibility index (Phi) is 3.46. The highest BCUT2D eigenvalue weighted by atomic mass is 35.5. The van der Waals surface area contributed by atoms with E-state index in [9.17, 15) is 4.79 Å². The molecule has 0 N–H and O–H groups in total. The highest BCUT2D eigenvalue weighted by Gasteiger charge is 1.96. The summed E-state index contributed by atoms with van der Waals surface area (Å²) >= 11 is 5.79. The van der Waals surface area contributed by atoms with Crippen LogP contribution in [0.4, 0.5) is 5.69 Å². The first-order valence-electron chi connectivity index (χ1n) is 3.60. The largest absolute Gasteiger partial charge is 0.465 e. The molecule has 4 heteroatoms. The normalized spacial score (nSPS) is 10.3. The number of para-hydroxylation sites is 1. The Morgan fingerprint density at radius 2 is 2.23 bits per heavy atom. The van der Waals surface area contributed by atoms with Crippen LogP contribution in [-0.4, -0.2) is 19.3 Å². The van der Waals surface area contributed by atoms with E-state index in [4.69, 9.17) is 11.6 Å². The number of aliphatic imine (C=N–C) groups is 1. The minimum atomic E-state index is -0.500. The monoisotopic (exact) mass is 197 g/mol. The third kappa shape index (κ3) is 2.87. The van der Waals surface area contributed by atoms with Gasteiger partial charge in [-0.1, -0.05) is 23.7 Å². The SMILES string of the molecule is COC(=O)C=Nc1ccccc1Cl. The number of methoxy groups -OCH3 is 1. The summed E-state index contributed by atoms with van der Waals surface area (Å²) in [6.07, 6.45) is 1.08. The first kappa shape index (κ1) is 9.74. The van der Waals surface area contributed by atoms with Crippen LogP contribution in [0.15, 0.2) is 29.3 Å². The molecule has 0 amide bonds. The van der Waals surface area contributed by atoms with Gasteiger partial charge in [0.1, 0.15) is 6.21 Å². The van der Waals surface area contributed by atoms with E-state index in [2.05, 4.69) is 9.73 Å². The van der Waals surface area contributed by atoms with E-state index in [-0.39, 0.29) is 0 Å². The fourth-order valence-electron chi connectivity index (χ4n) is 0.731. The predicted octanol–water partition coefficient (Wildman–Crippen LogP) is 2.22. The molecule has 0 spiro atoms. The smallest absolute Gasteiger partial charge is 0.349 e. The van der Waals surface area contributed by atoms with E-state index < -0.39 is 5.97 Å². The minimum absolute atomic E-state index is 0.500. The molecule has 0 heterocycles. The Hall–Kier alpha value is -1.35. The highest BCUT2D eigenvalue weighted by Crippen LogP contribution is 2.22. The molecule has 0 saturated heterocycles. The number of carbonyl (C=O) groups is 1. The molecular weight excluding hydrogens is 190 g/mol. The summed E-state index contributed by atoms with van der Waals surface area (Å²) in [5.41, 5.74) is 0.551. The maximum absolute atomic E-state index is 10.7. The van der Waals surface area contributed by atoms with Gasteiger partial charge in [-0.25, -0.2) is 9.79 Å². The van der Waals surface area contributed by atoms with Crippen molar-refractivity contribution in [1.29, 1.82) is 0 Å². The lowest BCUT2D eigenvalue weighted by molar-refractivity contribution is -0.132. The van der Waals surface area contributed by atoms with Gasteiger partial charge in [0.2, 0.25) is 0 Å². The second-order valence-electron chi connectivity index (χ2n) is 2.23. The van der Waals surface area contributed by atoms with Gasteiger partial charge in [-0.3, -0.25) is 0 Å². The van der Waals surface area contributed by atoms with Crippen molar-refractivity contribution in [2.75, 3.05) is 7.11 Å². The fraction of sp³-hybridized carbons (Fsp3) is 0.111. The number of ether oxygens (including phenoxy) is 1. The summed E-state index contributed by atoms with van der Waals surface area (Å²) in [6, 6.07) is 6.99. The van der Waals surface area contributed by atoms with E-state index in [0.717, 1.165) is 6.21 Å². The van der Waals surface area contributed by atoms with Crippen molar-refractivity contribution < 1.29 is 9.53 Å². The van der Waals surface area contributed by atoms with Gasteiger partial charge in [0.05, 0.1) is 17.8 Å². The van der Waals surface area contributed by atoms with Gasteiger partial charge >= 0.3 is 5.97 Å². The first-order chi connectivity index (χ1) is 6.24. The molecule has 13 heavy (non-hydrogen) atoms. The fourth-order valence-corrected chi connectivity index (χ4v) is 0.916. The summed E-state index contributed by atoms with van der Waals surface area (Å²) in [4.78, 5) is 14.5. The van der Waals surface area contributed by atoms with Gasteiger partial charge in [0.25, 0.3) is 0 Å². The number of nitrogens with zero attached hydrogens (tertiary/aromatic N) is 1. The van der Waals surface area contributed by atoms with E-state index in [1.807, 2.05) is 0 Å². The molecule has 0 saturated carbocycles. The molecule has 1 aromatic rings. The van der Waals surface area contributed by atoms with Crippen LogP contribution >= 0.6 is 11.6 Å². The first-order valence-corrected chi connectivity index (χ1v) is 3.98. The molecule has 0 aliphatic heterocycles. The number of hydrogen-bond acceptors (Lipinski definition) is 3. The molecular formula is C9H8ClNO2. The summed E-state index contributed by atoms with van der Waals surface area (Å²) in [6.45, 7) is 0. The van der Waals surface area contributed by atoms with Crippen LogP contribution in [-0.2, 0) is 9.53 Å². The molecule has 0 aliphatic rings. The highest BCUT2D eigenvalue weighted by molar-refractivity contribution is 6.33. The van der Waals surface area contributed by atoms with Crippen LogP contribution in [0.25, 0.3) is 0 Å². The summed E-state index contributed by atoms with van der Waals surface area (Å²) in [5, 5.41) is 0.502. The van der Waals surface area contributed by atoms with Crippen LogP contribution in [0.2, 0.25) is 5.02 Å². The molecule has 0 aliphatic carbocycles. The Bertz CT molecular complexity index is 336. The standard InChI is InChI=1S/C9H8ClNO2/c1-13-9(12)6-11-8-5-3-2-4-7(8)10/h2-6H,1H3. The second kappa shape index (κ2) is 4.62. The second-order valence-corrected chi connectivity index (χ2v) is 2.64. The summed E-state index contributed by atoms with van der Waals surface area (Å²) < 4.78 is 4.38. The van der Waals surface area contributed by atoms with Crippen LogP contribution in [0.1, 0.15) is 0 Å². The maximum atomic E-state index is 10.7. The van der Waals surface area contributed by atoms with Crippen molar-refractivity contribution in [2.45, 2.75) is 0 Å². The molecule has 0 aromatic heterocycles. The van der Waals surface area contributed by atoms with E-state index in [0.29, 0.717) is 10.7 Å². The van der Waals surface area contributed by atoms with Crippen molar-refractivity contribution in [3.63, 3.8) is 0 Å². The topological polar surface area (TPSA) is 38.7 Å². The quantitative estimate of drug-likeness (QED) is 0.539. The van der Waals surface area contributed by atoms with Gasteiger partial charge in [-0.05, 0) is 12.1 Å². The van der Waals surface area contributed by atoms with Crippen LogP contribution in [0.5, 0.6) is 0 Å². The lowest BCUT2D eigenvalue weighted by Gasteiger charge is -1.95. The predicted molar refractivity (Wildman–Crippen MR) is 51.6 cm³/mol. The molecule has 1 rings (SSSR count). The zero-order valence-corrected chi connectivity index (χ0v) is 7.78. The van der Waals surface area contributed by atoms with E-state index in [1.54, 1.807) is 24.3 Å². The molecule has 0 fully saturated rings. The van der Waals surface area contributed by atoms with Crippen molar-refractivity contribution in [3.05, 3.63) is 29.3 Å². The molecule has 1 aromatic carbocycles. The Balaban J connectivity index is 2.80. The van der Waals surface area contributed by atoms with Crippen molar-refractivity contribution in [1.82, 2.24) is 0 Å². The van der Waals surface area contributed by atoms with Gasteiger partial charge in [-0.15, -0.1) is 0 Å². The van der Waals surface area contributed by atoms with E-state index >= 15 is 0 Å². The van der Waals surface area contributed by atoms with Gasteiger partial charge in [-0.2, -0.15) is 0 Å². The lowest BCUT2D eigenvalue weighted by Crippen LogP contribution is -1.99. The number of rotatable bonds is 2. The number of hydrogen-bond donors (Lipinski definition) is 0. The zero-order valence-electron chi connectivity index (χ0n) is 7.03. The maximum Gasteiger partial charge on any atom is 0.349 e. The molecule has 0 unspecified atom stereocenters. The zero-order chi connectivity index (χ0) is 9.68. The third-order valence-electron chi connectivity index (χ3n) is 1.36. The van der Waals surface area contributed by atoms with Gasteiger partial charge in [0, 0.05) is 0 Å². The summed E-state index contributed by atoms with van der Waals surface area (Å²) in [7, 11) is 1.29. The molecule has 3 nitrogen and oxygen atoms in total. The molecule has 0 bridgehead atoms. The Morgan fingerprint density at radius 1 is 1.54 bits per heavy atom. The van der Waals surface area contributed by atoms with Crippen LogP contribution in [0, 0.1) is 0 Å². The Labute approximate surface area is 81.0 Å². The van der Waals surface area contributed by atoms with Crippen molar-refractivity contribution >= 4 is 29.5 Å². The molecule has 0 radical (unpaired) electrons. The lowest BCUT2D eigenvalue weighted by atomic mass is 10.3. The van der Waals surface area contributed by atoms with Gasteiger partial charge < -0.3 is 4.74 Å². The number of halogens is 1. The molecule has 68 valence electrons. The minimum Gasteiger partial charge on any atom is -0.465 e. The Morgan fingerprint density at radius 3 is 2.85 bits per heavy atom. The van der Waals surface area contributed by atoms with Crippen LogP contribution in [0.3, 0.4) is 0 Å². The van der Waals surface area contributed by atoms with E-state index in [1.165, 1.54) is 7.11 Å². The third-order valence-corrected chi connectivity index (χ3v) is 1.68. The number of esters is 1. The average molecular weight is 198 g/mol.